The van der Waals surface area contributed by atoms with Crippen LogP contribution in [0, 0.1) is 5.82 Å². The molecule has 0 radical (unpaired) electrons. The number of hydrogen-bond acceptors (Lipinski definition) is 1. The van der Waals surface area contributed by atoms with Gasteiger partial charge in [-0.15, -0.1) is 0 Å². The molecule has 1 heterocycles. The van der Waals surface area contributed by atoms with E-state index in [9.17, 15) is 4.39 Å². The summed E-state index contributed by atoms with van der Waals surface area (Å²) in [7, 11) is 4.07. The van der Waals surface area contributed by atoms with E-state index >= 15 is 0 Å². The molecule has 0 saturated carbocycles. The van der Waals surface area contributed by atoms with Crippen LogP contribution in [-0.4, -0.2) is 23.6 Å². The van der Waals surface area contributed by atoms with E-state index < -0.39 is 0 Å². The van der Waals surface area contributed by atoms with E-state index in [0.717, 1.165) is 36.8 Å². The second-order valence-electron chi connectivity index (χ2n) is 7.08. The van der Waals surface area contributed by atoms with Crippen LogP contribution in [0.15, 0.2) is 47.7 Å². The van der Waals surface area contributed by atoms with Gasteiger partial charge in [-0.1, -0.05) is 23.3 Å². The minimum absolute atomic E-state index is 0.172. The Balaban J connectivity index is 2.21. The molecule has 2 rings (SSSR count). The van der Waals surface area contributed by atoms with Crippen molar-refractivity contribution in [3.63, 3.8) is 0 Å². The lowest BCUT2D eigenvalue weighted by Crippen LogP contribution is -2.10. The van der Waals surface area contributed by atoms with E-state index in [2.05, 4.69) is 48.6 Å². The molecule has 0 bridgehead atoms. The van der Waals surface area contributed by atoms with E-state index in [4.69, 9.17) is 0 Å². The molecule has 0 fully saturated rings. The van der Waals surface area contributed by atoms with Gasteiger partial charge in [0.15, 0.2) is 0 Å². The van der Waals surface area contributed by atoms with Crippen molar-refractivity contribution < 1.29 is 4.39 Å². The molecule has 2 aromatic rings. The zero-order valence-corrected chi connectivity index (χ0v) is 15.6. The number of fused-ring (bicyclic) bond motifs is 1. The molecule has 0 unspecified atom stereocenters. The van der Waals surface area contributed by atoms with Crippen molar-refractivity contribution in [1.82, 2.24) is 9.47 Å². The van der Waals surface area contributed by atoms with E-state index in [1.54, 1.807) is 12.1 Å². The summed E-state index contributed by atoms with van der Waals surface area (Å²) >= 11 is 0. The number of hydrogen-bond donors (Lipinski definition) is 0. The molecule has 1 aromatic carbocycles. The van der Waals surface area contributed by atoms with Crippen LogP contribution in [0.1, 0.15) is 39.2 Å². The number of allylic oxidation sites excluding steroid dienone is 4. The molecule has 0 N–H and O–H groups in total. The maximum absolute atomic E-state index is 13.6. The number of halogens is 1. The second kappa shape index (κ2) is 8.29. The minimum atomic E-state index is -0.172. The summed E-state index contributed by atoms with van der Waals surface area (Å²) in [5, 5.41) is 1.01. The molecule has 0 aliphatic heterocycles. The summed E-state index contributed by atoms with van der Waals surface area (Å²) in [5.74, 6) is -0.172. The monoisotopic (exact) mass is 328 g/mol. The molecule has 2 nitrogen and oxygen atoms in total. The Bertz CT molecular complexity index is 747. The Hall–Kier alpha value is -1.87. The van der Waals surface area contributed by atoms with Gasteiger partial charge < -0.3 is 9.47 Å². The van der Waals surface area contributed by atoms with Crippen molar-refractivity contribution in [2.75, 3.05) is 14.1 Å². The lowest BCUT2D eigenvalue weighted by molar-refractivity contribution is 0.403. The van der Waals surface area contributed by atoms with Crippen LogP contribution in [0.2, 0.25) is 0 Å². The van der Waals surface area contributed by atoms with Crippen molar-refractivity contribution in [2.24, 2.45) is 0 Å². The van der Waals surface area contributed by atoms with Crippen LogP contribution in [0.5, 0.6) is 0 Å². The van der Waals surface area contributed by atoms with Crippen LogP contribution in [0.3, 0.4) is 0 Å². The topological polar surface area (TPSA) is 8.17 Å². The fourth-order valence-corrected chi connectivity index (χ4v) is 2.91. The largest absolute Gasteiger partial charge is 0.343 e. The zero-order chi connectivity index (χ0) is 17.7. The lowest BCUT2D eigenvalue weighted by Gasteiger charge is -2.07. The first-order valence-electron chi connectivity index (χ1n) is 8.58. The van der Waals surface area contributed by atoms with Gasteiger partial charge in [-0.05, 0) is 71.5 Å². The van der Waals surface area contributed by atoms with Crippen molar-refractivity contribution in [1.29, 1.82) is 0 Å². The molecule has 24 heavy (non-hydrogen) atoms. The zero-order valence-electron chi connectivity index (χ0n) is 15.6. The Morgan fingerprint density at radius 3 is 2.58 bits per heavy atom. The molecule has 0 aliphatic rings. The highest BCUT2D eigenvalue weighted by atomic mass is 19.1. The first-order chi connectivity index (χ1) is 11.4. The van der Waals surface area contributed by atoms with Gasteiger partial charge in [-0.3, -0.25) is 0 Å². The van der Waals surface area contributed by atoms with E-state index in [0.29, 0.717) is 0 Å². The van der Waals surface area contributed by atoms with E-state index in [1.165, 1.54) is 16.7 Å². The van der Waals surface area contributed by atoms with Crippen molar-refractivity contribution in [3.05, 3.63) is 59.1 Å². The van der Waals surface area contributed by atoms with Gasteiger partial charge in [0.05, 0.1) is 0 Å². The normalized spacial score (nSPS) is 12.2. The van der Waals surface area contributed by atoms with E-state index in [-0.39, 0.29) is 5.82 Å². The minimum Gasteiger partial charge on any atom is -0.343 e. The number of rotatable bonds is 7. The fraction of sp³-hybridized carbons (Fsp3) is 0.429. The first-order valence-corrected chi connectivity index (χ1v) is 8.58. The molecule has 3 heteroatoms. The predicted molar refractivity (Wildman–Crippen MR) is 102 cm³/mol. The summed E-state index contributed by atoms with van der Waals surface area (Å²) in [5.41, 5.74) is 5.03. The van der Waals surface area contributed by atoms with Crippen LogP contribution in [0.4, 0.5) is 4.39 Å². The Morgan fingerprint density at radius 1 is 1.17 bits per heavy atom. The third kappa shape index (κ3) is 5.07. The van der Waals surface area contributed by atoms with Gasteiger partial charge in [-0.25, -0.2) is 4.39 Å². The molecule has 0 saturated heterocycles. The standard InChI is InChI=1S/C21H29FN2/c1-16(2)7-6-8-17(3)11-12-24-15-18(14-23(4)5)20-13-19(22)9-10-21(20)24/h7,9-11,13,15H,6,8,12,14H2,1-5H3. The van der Waals surface area contributed by atoms with Crippen LogP contribution in [0.25, 0.3) is 10.9 Å². The SMILES string of the molecule is CC(C)=CCCC(C)=CCn1cc(CN(C)C)c2cc(F)ccc21. The van der Waals surface area contributed by atoms with Crippen LogP contribution >= 0.6 is 0 Å². The average Bonchev–Trinajstić information content (AvgIpc) is 2.81. The maximum Gasteiger partial charge on any atom is 0.123 e. The molecule has 0 atom stereocenters. The molecular weight excluding hydrogens is 299 g/mol. The van der Waals surface area contributed by atoms with Gasteiger partial charge in [-0.2, -0.15) is 0 Å². The summed E-state index contributed by atoms with van der Waals surface area (Å²) in [4.78, 5) is 2.12. The quantitative estimate of drug-likeness (QED) is 0.606. The summed E-state index contributed by atoms with van der Waals surface area (Å²) in [6.07, 6.45) is 8.89. The summed E-state index contributed by atoms with van der Waals surface area (Å²) < 4.78 is 15.9. The van der Waals surface area contributed by atoms with Crippen LogP contribution in [-0.2, 0) is 13.1 Å². The van der Waals surface area contributed by atoms with Crippen LogP contribution < -0.4 is 0 Å². The summed E-state index contributed by atoms with van der Waals surface area (Å²) in [6.45, 7) is 8.10. The highest BCUT2D eigenvalue weighted by molar-refractivity contribution is 5.84. The third-order valence-corrected chi connectivity index (χ3v) is 4.14. The van der Waals surface area contributed by atoms with E-state index in [1.807, 2.05) is 20.2 Å². The molecule has 0 spiro atoms. The van der Waals surface area contributed by atoms with Gasteiger partial charge in [0.2, 0.25) is 0 Å². The lowest BCUT2D eigenvalue weighted by atomic mass is 10.1. The van der Waals surface area contributed by atoms with Crippen molar-refractivity contribution in [2.45, 2.75) is 46.7 Å². The average molecular weight is 328 g/mol. The molecule has 0 aliphatic carbocycles. The third-order valence-electron chi connectivity index (χ3n) is 4.14. The van der Waals surface area contributed by atoms with Gasteiger partial charge in [0.1, 0.15) is 5.82 Å². The molecule has 0 amide bonds. The second-order valence-corrected chi connectivity index (χ2v) is 7.08. The van der Waals surface area contributed by atoms with Crippen molar-refractivity contribution in [3.8, 4) is 0 Å². The predicted octanol–water partition coefficient (Wildman–Crippen LogP) is 5.53. The molecule has 130 valence electrons. The summed E-state index contributed by atoms with van der Waals surface area (Å²) in [6, 6.07) is 5.08. The Kier molecular flexibility index (Phi) is 6.38. The molecule has 1 aromatic heterocycles. The smallest absolute Gasteiger partial charge is 0.123 e. The highest BCUT2D eigenvalue weighted by Gasteiger charge is 2.09. The molecular formula is C21H29FN2. The number of benzene rings is 1. The van der Waals surface area contributed by atoms with Gasteiger partial charge in [0.25, 0.3) is 0 Å². The first kappa shape index (κ1) is 18.5. The van der Waals surface area contributed by atoms with Gasteiger partial charge in [0, 0.05) is 30.2 Å². The van der Waals surface area contributed by atoms with Gasteiger partial charge >= 0.3 is 0 Å². The highest BCUT2D eigenvalue weighted by Crippen LogP contribution is 2.24. The maximum atomic E-state index is 13.6. The Morgan fingerprint density at radius 2 is 1.92 bits per heavy atom. The number of nitrogens with zero attached hydrogens (tertiary/aromatic N) is 2. The number of aromatic nitrogens is 1. The van der Waals surface area contributed by atoms with Crippen molar-refractivity contribution >= 4 is 10.9 Å². The Labute approximate surface area is 145 Å². The fourth-order valence-electron chi connectivity index (χ4n) is 2.91.